The summed E-state index contributed by atoms with van der Waals surface area (Å²) in [4.78, 5) is 0. The minimum atomic E-state index is -5.34. The Balaban J connectivity index is 5.09. The van der Waals surface area contributed by atoms with E-state index in [1.54, 1.807) is 0 Å². The van der Waals surface area contributed by atoms with Crippen LogP contribution in [0, 0.1) is 0 Å². The van der Waals surface area contributed by atoms with Crippen LogP contribution < -0.4 is 28.7 Å². The summed E-state index contributed by atoms with van der Waals surface area (Å²) in [5.41, 5.74) is 26.3. The van der Waals surface area contributed by atoms with Crippen LogP contribution >= 0.6 is 0 Å². The summed E-state index contributed by atoms with van der Waals surface area (Å²) in [6.45, 7) is -1.38. The van der Waals surface area contributed by atoms with Crippen molar-refractivity contribution in [1.82, 2.24) is 0 Å². The van der Waals surface area contributed by atoms with Gasteiger partial charge in [-0.15, -0.1) is 0 Å². The third-order valence-electron chi connectivity index (χ3n) is 1.43. The average molecular weight is 352 g/mol. The molecule has 0 spiro atoms. The predicted octanol–water partition coefficient (Wildman–Crippen LogP) is -3.46. The molecule has 0 rings (SSSR count). The zero-order valence-corrected chi connectivity index (χ0v) is 11.5. The molecule has 0 bridgehead atoms. The summed E-state index contributed by atoms with van der Waals surface area (Å²) in [5, 5.41) is 0. The fourth-order valence-electron chi connectivity index (χ4n) is 0.981. The molecule has 11 heteroatoms. The molecule has 0 amide bonds. The Bertz CT molecular complexity index is 146. The van der Waals surface area contributed by atoms with Crippen molar-refractivity contribution >= 4 is 19.5 Å². The second-order valence-corrected chi connectivity index (χ2v) is 10.2. The van der Waals surface area contributed by atoms with Crippen LogP contribution in [-0.4, -0.2) is 53.2 Å². The van der Waals surface area contributed by atoms with E-state index in [1.807, 2.05) is 0 Å². The van der Waals surface area contributed by atoms with Crippen LogP contribution in [0.1, 0.15) is 0 Å². The van der Waals surface area contributed by atoms with Gasteiger partial charge in [0.25, 0.3) is 0 Å². The van der Waals surface area contributed by atoms with Crippen LogP contribution in [0.5, 0.6) is 0 Å². The van der Waals surface area contributed by atoms with Gasteiger partial charge in [0.2, 0.25) is 0 Å². The normalized spacial score (nSPS) is 14.7. The third kappa shape index (κ3) is 4.02. The molecule has 0 aromatic carbocycles. The van der Waals surface area contributed by atoms with E-state index in [-0.39, 0.29) is 33.7 Å². The molecule has 0 atom stereocenters. The van der Waals surface area contributed by atoms with Gasteiger partial charge >= 0.3 is 96.9 Å². The quantitative estimate of drug-likeness (QED) is 0.196. The van der Waals surface area contributed by atoms with Gasteiger partial charge in [0.15, 0.2) is 0 Å². The van der Waals surface area contributed by atoms with Crippen molar-refractivity contribution in [3.05, 3.63) is 0 Å². The van der Waals surface area contributed by atoms with Crippen molar-refractivity contribution in [3.63, 3.8) is 0 Å². The second kappa shape index (κ2) is 7.69. The molecular formula is C5H20N5O5Sb. The molecule has 100 valence electrons. The standard InChI is InChI=1S/5CH4NO.Sb/c5*2-1-3;/h5*1-2H2;/q5*-1;+5. The Morgan fingerprint density at radius 3 is 0.812 bits per heavy atom. The minimum absolute atomic E-state index is 0.276. The van der Waals surface area contributed by atoms with E-state index in [0.29, 0.717) is 0 Å². The summed E-state index contributed by atoms with van der Waals surface area (Å²) in [7, 11) is 0. The van der Waals surface area contributed by atoms with Gasteiger partial charge in [-0.05, 0) is 0 Å². The van der Waals surface area contributed by atoms with Gasteiger partial charge in [-0.1, -0.05) is 0 Å². The average Bonchev–Trinajstić information content (AvgIpc) is 2.19. The van der Waals surface area contributed by atoms with Crippen molar-refractivity contribution < 1.29 is 15.1 Å². The molecule has 0 saturated carbocycles. The summed E-state index contributed by atoms with van der Waals surface area (Å²) < 4.78 is 25.7. The van der Waals surface area contributed by atoms with E-state index in [0.717, 1.165) is 0 Å². The molecular weight excluding hydrogens is 332 g/mol. The fourth-order valence-corrected chi connectivity index (χ4v) is 6.58. The Morgan fingerprint density at radius 1 is 0.500 bits per heavy atom. The molecule has 0 aliphatic carbocycles. The van der Waals surface area contributed by atoms with Crippen LogP contribution in [0.15, 0.2) is 0 Å². The van der Waals surface area contributed by atoms with Crippen molar-refractivity contribution in [3.8, 4) is 0 Å². The van der Waals surface area contributed by atoms with Gasteiger partial charge in [-0.25, -0.2) is 0 Å². The monoisotopic (exact) mass is 351 g/mol. The molecule has 0 aromatic rings. The van der Waals surface area contributed by atoms with Gasteiger partial charge in [0.1, 0.15) is 0 Å². The number of hydrogen-bond acceptors (Lipinski definition) is 10. The van der Waals surface area contributed by atoms with Crippen LogP contribution in [0.3, 0.4) is 0 Å². The second-order valence-electron chi connectivity index (χ2n) is 2.22. The first-order valence-corrected chi connectivity index (χ1v) is 9.61. The Kier molecular flexibility index (Phi) is 7.89. The first kappa shape index (κ1) is 16.4. The maximum atomic E-state index is 5.27. The molecule has 10 nitrogen and oxygen atoms in total. The van der Waals surface area contributed by atoms with Gasteiger partial charge < -0.3 is 0 Å². The van der Waals surface area contributed by atoms with Gasteiger partial charge in [0, 0.05) is 0 Å². The topological polar surface area (TPSA) is 176 Å². The van der Waals surface area contributed by atoms with E-state index in [4.69, 9.17) is 43.7 Å². The first-order valence-electron chi connectivity index (χ1n) is 4.40. The number of rotatable bonds is 10. The molecule has 10 N–H and O–H groups in total. The van der Waals surface area contributed by atoms with E-state index in [9.17, 15) is 0 Å². The zero-order chi connectivity index (χ0) is 12.5. The SMILES string of the molecule is NC[O][Sb]([O]CN)([O]CN)([O]CN)[O]CN. The van der Waals surface area contributed by atoms with Gasteiger partial charge in [0.05, 0.1) is 0 Å². The molecule has 0 radical (unpaired) electrons. The Labute approximate surface area is 97.1 Å². The predicted molar refractivity (Wildman–Crippen MR) is 56.5 cm³/mol. The molecule has 0 aliphatic rings. The van der Waals surface area contributed by atoms with Crippen molar-refractivity contribution in [2.75, 3.05) is 33.7 Å². The van der Waals surface area contributed by atoms with Crippen LogP contribution in [0.25, 0.3) is 0 Å². The molecule has 0 saturated heterocycles. The number of hydrogen-bond donors (Lipinski definition) is 5. The van der Waals surface area contributed by atoms with Crippen LogP contribution in [0.4, 0.5) is 0 Å². The summed E-state index contributed by atoms with van der Waals surface area (Å²) in [5.74, 6) is 0. The Hall–Kier alpha value is 0.418. The molecule has 0 aliphatic heterocycles. The van der Waals surface area contributed by atoms with Crippen molar-refractivity contribution in [1.29, 1.82) is 0 Å². The van der Waals surface area contributed by atoms with Crippen LogP contribution in [-0.2, 0) is 15.1 Å². The molecule has 0 heterocycles. The van der Waals surface area contributed by atoms with E-state index >= 15 is 0 Å². The van der Waals surface area contributed by atoms with Gasteiger partial charge in [-0.2, -0.15) is 0 Å². The summed E-state index contributed by atoms with van der Waals surface area (Å²) >= 11 is -5.34. The van der Waals surface area contributed by atoms with Crippen LogP contribution in [0.2, 0.25) is 0 Å². The maximum absolute atomic E-state index is 5.34. The van der Waals surface area contributed by atoms with E-state index < -0.39 is 19.5 Å². The molecule has 16 heavy (non-hydrogen) atoms. The van der Waals surface area contributed by atoms with Crippen molar-refractivity contribution in [2.24, 2.45) is 28.7 Å². The summed E-state index contributed by atoms with van der Waals surface area (Å²) in [6, 6.07) is 0. The fraction of sp³-hybridized carbons (Fsp3) is 1.00. The molecule has 0 unspecified atom stereocenters. The Morgan fingerprint density at radius 2 is 0.688 bits per heavy atom. The zero-order valence-electron chi connectivity index (χ0n) is 8.91. The number of nitrogens with two attached hydrogens (primary N) is 5. The summed E-state index contributed by atoms with van der Waals surface area (Å²) in [6.07, 6.45) is 0. The third-order valence-corrected chi connectivity index (χ3v) is 9.57. The van der Waals surface area contributed by atoms with Crippen molar-refractivity contribution in [2.45, 2.75) is 0 Å². The molecule has 0 fully saturated rings. The van der Waals surface area contributed by atoms with E-state index in [2.05, 4.69) is 0 Å². The van der Waals surface area contributed by atoms with E-state index in [1.165, 1.54) is 0 Å². The molecule has 0 aromatic heterocycles. The first-order chi connectivity index (χ1) is 7.62. The van der Waals surface area contributed by atoms with Gasteiger partial charge in [-0.3, -0.25) is 0 Å².